The zero-order chi connectivity index (χ0) is 20.0. The number of nitrogens with one attached hydrogen (secondary N) is 1. The molecular weight excluding hydrogens is 349 g/mol. The minimum atomic E-state index is -0.408. The van der Waals surface area contributed by atoms with Crippen molar-refractivity contribution in [3.05, 3.63) is 53.3 Å². The molecule has 0 aliphatic rings. The number of ether oxygens (including phenoxy) is 3. The molecule has 0 fully saturated rings. The summed E-state index contributed by atoms with van der Waals surface area (Å²) >= 11 is 0. The molecule has 5 nitrogen and oxygen atoms in total. The van der Waals surface area contributed by atoms with Gasteiger partial charge in [-0.2, -0.15) is 0 Å². The minimum Gasteiger partial charge on any atom is -0.493 e. The van der Waals surface area contributed by atoms with Gasteiger partial charge < -0.3 is 19.5 Å². The van der Waals surface area contributed by atoms with Gasteiger partial charge in [0.05, 0.1) is 33.3 Å². The van der Waals surface area contributed by atoms with Crippen molar-refractivity contribution in [2.75, 3.05) is 21.3 Å². The summed E-state index contributed by atoms with van der Waals surface area (Å²) in [6.07, 6.45) is 0.584. The Hall–Kier alpha value is -2.76. The summed E-state index contributed by atoms with van der Waals surface area (Å²) in [4.78, 5) is 12.9. The van der Waals surface area contributed by atoms with Gasteiger partial charge in [0.1, 0.15) is 5.82 Å². The topological polar surface area (TPSA) is 56.8 Å². The fourth-order valence-corrected chi connectivity index (χ4v) is 3.05. The summed E-state index contributed by atoms with van der Waals surface area (Å²) in [5.74, 6) is 0.586. The van der Waals surface area contributed by atoms with Crippen molar-refractivity contribution in [3.63, 3.8) is 0 Å². The number of carbonyl (C=O) groups is 1. The molecule has 0 spiro atoms. The molecule has 6 heteroatoms. The molecular formula is C21H26FNO4. The molecule has 0 heterocycles. The van der Waals surface area contributed by atoms with Crippen molar-refractivity contribution in [2.45, 2.75) is 32.2 Å². The molecule has 1 amide bonds. The first-order chi connectivity index (χ1) is 12.9. The third kappa shape index (κ3) is 4.70. The molecule has 0 aromatic heterocycles. The van der Waals surface area contributed by atoms with E-state index in [0.717, 1.165) is 5.56 Å². The molecule has 2 aromatic rings. The lowest BCUT2D eigenvalue weighted by Crippen LogP contribution is -2.31. The van der Waals surface area contributed by atoms with Crippen molar-refractivity contribution < 1.29 is 23.4 Å². The van der Waals surface area contributed by atoms with Crippen molar-refractivity contribution in [1.82, 2.24) is 5.32 Å². The van der Waals surface area contributed by atoms with Gasteiger partial charge in [-0.05, 0) is 48.7 Å². The normalized spacial score (nSPS) is 12.8. The molecule has 2 atom stereocenters. The van der Waals surface area contributed by atoms with E-state index in [-0.39, 0.29) is 17.8 Å². The van der Waals surface area contributed by atoms with E-state index in [0.29, 0.717) is 29.2 Å². The number of amides is 1. The third-order valence-corrected chi connectivity index (χ3v) is 4.52. The van der Waals surface area contributed by atoms with E-state index in [1.165, 1.54) is 33.5 Å². The number of rotatable bonds is 8. The number of hydrogen-bond acceptors (Lipinski definition) is 4. The zero-order valence-corrected chi connectivity index (χ0v) is 16.3. The SMILES string of the molecule is CC[C@@H](C(=O)N[C@H](C)c1cccc(F)c1)c1cc(OC)c(OC)c(OC)c1. The third-order valence-electron chi connectivity index (χ3n) is 4.52. The van der Waals surface area contributed by atoms with Crippen LogP contribution in [-0.2, 0) is 4.79 Å². The second kappa shape index (κ2) is 9.26. The van der Waals surface area contributed by atoms with Gasteiger partial charge in [-0.25, -0.2) is 4.39 Å². The van der Waals surface area contributed by atoms with Crippen LogP contribution >= 0.6 is 0 Å². The summed E-state index contributed by atoms with van der Waals surface area (Å²) in [6, 6.07) is 9.46. The maximum absolute atomic E-state index is 13.4. The molecule has 0 aliphatic carbocycles. The molecule has 0 saturated carbocycles. The molecule has 0 unspecified atom stereocenters. The fourth-order valence-electron chi connectivity index (χ4n) is 3.05. The maximum atomic E-state index is 13.4. The number of hydrogen-bond donors (Lipinski definition) is 1. The summed E-state index contributed by atoms with van der Waals surface area (Å²) in [5.41, 5.74) is 1.47. The van der Waals surface area contributed by atoms with Crippen LogP contribution in [0.2, 0.25) is 0 Å². The van der Waals surface area contributed by atoms with Crippen molar-refractivity contribution in [3.8, 4) is 17.2 Å². The average Bonchev–Trinajstić information content (AvgIpc) is 2.67. The second-order valence-corrected chi connectivity index (χ2v) is 6.20. The van der Waals surface area contributed by atoms with Crippen LogP contribution in [0.5, 0.6) is 17.2 Å². The fraction of sp³-hybridized carbons (Fsp3) is 0.381. The van der Waals surface area contributed by atoms with Crippen molar-refractivity contribution in [1.29, 1.82) is 0 Å². The number of halogens is 1. The van der Waals surface area contributed by atoms with Gasteiger partial charge >= 0.3 is 0 Å². The van der Waals surface area contributed by atoms with Crippen LogP contribution in [0.15, 0.2) is 36.4 Å². The first-order valence-corrected chi connectivity index (χ1v) is 8.80. The molecule has 2 rings (SSSR count). The summed E-state index contributed by atoms with van der Waals surface area (Å²) in [6.45, 7) is 3.76. The van der Waals surface area contributed by atoms with E-state index >= 15 is 0 Å². The van der Waals surface area contributed by atoms with Crippen LogP contribution < -0.4 is 19.5 Å². The molecule has 2 aromatic carbocycles. The second-order valence-electron chi connectivity index (χ2n) is 6.20. The van der Waals surface area contributed by atoms with Gasteiger partial charge in [0.2, 0.25) is 11.7 Å². The maximum Gasteiger partial charge on any atom is 0.228 e. The summed E-state index contributed by atoms with van der Waals surface area (Å²) < 4.78 is 29.5. The Bertz CT molecular complexity index is 768. The Labute approximate surface area is 159 Å². The van der Waals surface area contributed by atoms with Gasteiger partial charge in [-0.3, -0.25) is 4.79 Å². The number of benzene rings is 2. The van der Waals surface area contributed by atoms with Gasteiger partial charge in [0.15, 0.2) is 11.5 Å². The largest absolute Gasteiger partial charge is 0.493 e. The predicted molar refractivity (Wildman–Crippen MR) is 102 cm³/mol. The Morgan fingerprint density at radius 2 is 1.67 bits per heavy atom. The highest BCUT2D eigenvalue weighted by molar-refractivity contribution is 5.84. The first-order valence-electron chi connectivity index (χ1n) is 8.80. The van der Waals surface area contributed by atoms with E-state index in [9.17, 15) is 9.18 Å². The van der Waals surface area contributed by atoms with Crippen LogP contribution in [0.25, 0.3) is 0 Å². The monoisotopic (exact) mass is 375 g/mol. The standard InChI is InChI=1S/C21H26FNO4/c1-6-17(15-11-18(25-3)20(27-5)19(12-15)26-4)21(24)23-13(2)14-8-7-9-16(22)10-14/h7-13,17H,6H2,1-5H3,(H,23,24)/t13-,17-/m1/s1. The van der Waals surface area contributed by atoms with Gasteiger partial charge in [0.25, 0.3) is 0 Å². The minimum absolute atomic E-state index is 0.150. The van der Waals surface area contributed by atoms with Gasteiger partial charge in [-0.15, -0.1) is 0 Å². The van der Waals surface area contributed by atoms with Crippen LogP contribution in [0.4, 0.5) is 4.39 Å². The summed E-state index contributed by atoms with van der Waals surface area (Å²) in [7, 11) is 4.60. The predicted octanol–water partition coefficient (Wildman–Crippen LogP) is 4.22. The van der Waals surface area contributed by atoms with E-state index in [4.69, 9.17) is 14.2 Å². The van der Waals surface area contributed by atoms with E-state index in [2.05, 4.69) is 5.32 Å². The quantitative estimate of drug-likeness (QED) is 0.750. The Morgan fingerprint density at radius 1 is 1.04 bits per heavy atom. The Kier molecular flexibility index (Phi) is 7.05. The first kappa shape index (κ1) is 20.6. The van der Waals surface area contributed by atoms with E-state index in [1.54, 1.807) is 24.3 Å². The lowest BCUT2D eigenvalue weighted by Gasteiger charge is -2.22. The van der Waals surface area contributed by atoms with Crippen molar-refractivity contribution >= 4 is 5.91 Å². The highest BCUT2D eigenvalue weighted by atomic mass is 19.1. The smallest absolute Gasteiger partial charge is 0.228 e. The van der Waals surface area contributed by atoms with Gasteiger partial charge in [-0.1, -0.05) is 19.1 Å². The highest BCUT2D eigenvalue weighted by Crippen LogP contribution is 2.40. The van der Waals surface area contributed by atoms with Crippen LogP contribution in [0, 0.1) is 5.82 Å². The molecule has 0 radical (unpaired) electrons. The molecule has 27 heavy (non-hydrogen) atoms. The zero-order valence-electron chi connectivity index (χ0n) is 16.3. The summed E-state index contributed by atoms with van der Waals surface area (Å²) in [5, 5.41) is 2.96. The molecule has 1 N–H and O–H groups in total. The van der Waals surface area contributed by atoms with E-state index in [1.807, 2.05) is 13.8 Å². The van der Waals surface area contributed by atoms with E-state index < -0.39 is 5.92 Å². The molecule has 0 saturated heterocycles. The molecule has 0 aliphatic heterocycles. The van der Waals surface area contributed by atoms with Crippen LogP contribution in [-0.4, -0.2) is 27.2 Å². The number of methoxy groups -OCH3 is 3. The average molecular weight is 375 g/mol. The van der Waals surface area contributed by atoms with Crippen molar-refractivity contribution in [2.24, 2.45) is 0 Å². The van der Waals surface area contributed by atoms with Crippen LogP contribution in [0.3, 0.4) is 0 Å². The lowest BCUT2D eigenvalue weighted by molar-refractivity contribution is -0.123. The van der Waals surface area contributed by atoms with Crippen LogP contribution in [0.1, 0.15) is 43.4 Å². The number of carbonyl (C=O) groups excluding carboxylic acids is 1. The molecule has 0 bridgehead atoms. The lowest BCUT2D eigenvalue weighted by atomic mass is 9.94. The Balaban J connectivity index is 2.28. The highest BCUT2D eigenvalue weighted by Gasteiger charge is 2.24. The molecule has 146 valence electrons. The van der Waals surface area contributed by atoms with Gasteiger partial charge in [0, 0.05) is 0 Å². The Morgan fingerprint density at radius 3 is 2.15 bits per heavy atom.